The second kappa shape index (κ2) is 4.94. The topological polar surface area (TPSA) is 24.7 Å². The first-order chi connectivity index (χ1) is 8.72. The summed E-state index contributed by atoms with van der Waals surface area (Å²) in [5.74, 6) is 0. The minimum absolute atomic E-state index is 0.965. The number of fused-ring (bicyclic) bond motifs is 2. The second-order valence-corrected chi connectivity index (χ2v) is 6.08. The molecule has 0 radical (unpaired) electrons. The van der Waals surface area contributed by atoms with Crippen molar-refractivity contribution in [1.82, 2.24) is 0 Å². The fourth-order valence-corrected chi connectivity index (χ4v) is 2.90. The van der Waals surface area contributed by atoms with Gasteiger partial charge < -0.3 is 0 Å². The Kier molecular flexibility index (Phi) is 3.31. The minimum Gasteiger partial charge on any atom is -0.150 e. The van der Waals surface area contributed by atoms with Crippen molar-refractivity contribution in [3.8, 4) is 0 Å². The highest BCUT2D eigenvalue weighted by molar-refractivity contribution is 9.10. The van der Waals surface area contributed by atoms with Crippen LogP contribution >= 0.6 is 31.9 Å². The molecule has 3 rings (SSSR count). The van der Waals surface area contributed by atoms with Crippen LogP contribution in [-0.4, -0.2) is 0 Å². The smallest absolute Gasteiger partial charge is 0.0889 e. The van der Waals surface area contributed by atoms with Crippen LogP contribution in [-0.2, 0) is 12.8 Å². The summed E-state index contributed by atoms with van der Waals surface area (Å²) in [6, 6.07) is 12.3. The average molecular weight is 366 g/mol. The first-order valence-corrected chi connectivity index (χ1v) is 7.29. The highest BCUT2D eigenvalue weighted by atomic mass is 79.9. The Morgan fingerprint density at radius 3 is 1.61 bits per heavy atom. The van der Waals surface area contributed by atoms with Gasteiger partial charge >= 0.3 is 0 Å². The van der Waals surface area contributed by atoms with E-state index < -0.39 is 0 Å². The van der Waals surface area contributed by atoms with Crippen LogP contribution in [0.4, 0.5) is 11.4 Å². The molecule has 0 N–H and O–H groups in total. The molecule has 18 heavy (non-hydrogen) atoms. The molecule has 0 spiro atoms. The van der Waals surface area contributed by atoms with E-state index in [1.54, 1.807) is 0 Å². The summed E-state index contributed by atoms with van der Waals surface area (Å²) in [7, 11) is 0. The fourth-order valence-electron chi connectivity index (χ4n) is 2.08. The highest BCUT2D eigenvalue weighted by Gasteiger charge is 2.10. The van der Waals surface area contributed by atoms with Crippen LogP contribution in [0.25, 0.3) is 0 Å². The van der Waals surface area contributed by atoms with E-state index in [0.29, 0.717) is 0 Å². The lowest BCUT2D eigenvalue weighted by Gasteiger charge is -2.11. The summed E-state index contributed by atoms with van der Waals surface area (Å²) >= 11 is 7.00. The van der Waals surface area contributed by atoms with Gasteiger partial charge in [0.15, 0.2) is 0 Å². The van der Waals surface area contributed by atoms with E-state index in [0.717, 1.165) is 33.2 Å². The van der Waals surface area contributed by atoms with Gasteiger partial charge in [0, 0.05) is 8.95 Å². The van der Waals surface area contributed by atoms with Crippen LogP contribution in [0, 0.1) is 0 Å². The second-order valence-electron chi connectivity index (χ2n) is 4.25. The molecule has 0 fully saturated rings. The molecule has 0 aromatic heterocycles. The van der Waals surface area contributed by atoms with Crippen molar-refractivity contribution in [2.45, 2.75) is 12.8 Å². The number of hydrogen-bond acceptors (Lipinski definition) is 2. The van der Waals surface area contributed by atoms with Crippen LogP contribution in [0.1, 0.15) is 11.1 Å². The zero-order valence-electron chi connectivity index (χ0n) is 9.53. The van der Waals surface area contributed by atoms with Crippen molar-refractivity contribution in [1.29, 1.82) is 0 Å². The normalized spacial score (nSPS) is 13.4. The standard InChI is InChI=1S/C14H10Br2N2/c15-11-3-5-13-9(7-11)1-2-10-8-12(16)4-6-14(10)18-17-13/h3-8H,1-2H2. The molecule has 2 aromatic carbocycles. The van der Waals surface area contributed by atoms with Gasteiger partial charge in [0.1, 0.15) is 0 Å². The summed E-state index contributed by atoms with van der Waals surface area (Å²) in [4.78, 5) is 0. The minimum atomic E-state index is 0.965. The predicted molar refractivity (Wildman–Crippen MR) is 79.9 cm³/mol. The Balaban J connectivity index is 2.08. The van der Waals surface area contributed by atoms with E-state index in [9.17, 15) is 0 Å². The van der Waals surface area contributed by atoms with Crippen LogP contribution in [0.5, 0.6) is 0 Å². The lowest BCUT2D eigenvalue weighted by molar-refractivity contribution is 0.934. The van der Waals surface area contributed by atoms with Gasteiger partial charge in [0.05, 0.1) is 11.4 Å². The molecule has 2 nitrogen and oxygen atoms in total. The molecule has 0 atom stereocenters. The van der Waals surface area contributed by atoms with E-state index in [-0.39, 0.29) is 0 Å². The van der Waals surface area contributed by atoms with Crippen LogP contribution < -0.4 is 0 Å². The number of hydrogen-bond donors (Lipinski definition) is 0. The quantitative estimate of drug-likeness (QED) is 0.569. The Bertz CT molecular complexity index is 580. The number of rotatable bonds is 0. The average Bonchev–Trinajstić information content (AvgIpc) is 2.34. The third kappa shape index (κ3) is 2.40. The van der Waals surface area contributed by atoms with E-state index in [2.05, 4.69) is 54.2 Å². The molecule has 1 aliphatic rings. The zero-order chi connectivity index (χ0) is 12.5. The third-order valence-electron chi connectivity index (χ3n) is 3.01. The molecule has 0 unspecified atom stereocenters. The van der Waals surface area contributed by atoms with Crippen molar-refractivity contribution >= 4 is 43.2 Å². The molecule has 0 saturated carbocycles. The Morgan fingerprint density at radius 1 is 0.722 bits per heavy atom. The lowest BCUT2D eigenvalue weighted by atomic mass is 10.0. The van der Waals surface area contributed by atoms with Gasteiger partial charge in [-0.25, -0.2) is 0 Å². The Hall–Kier alpha value is -1.00. The maximum atomic E-state index is 4.35. The Morgan fingerprint density at radius 2 is 1.17 bits per heavy atom. The van der Waals surface area contributed by atoms with Crippen molar-refractivity contribution in [3.05, 3.63) is 56.5 Å². The molecule has 4 heteroatoms. The molecular formula is C14H10Br2N2. The van der Waals surface area contributed by atoms with Crippen LogP contribution in [0.3, 0.4) is 0 Å². The molecule has 2 aromatic rings. The first-order valence-electron chi connectivity index (χ1n) is 5.71. The van der Waals surface area contributed by atoms with E-state index in [4.69, 9.17) is 0 Å². The van der Waals surface area contributed by atoms with Gasteiger partial charge in [-0.1, -0.05) is 31.9 Å². The van der Waals surface area contributed by atoms with Gasteiger partial charge in [-0.05, 0) is 60.4 Å². The molecule has 90 valence electrons. The number of halogens is 2. The van der Waals surface area contributed by atoms with Gasteiger partial charge in [-0.3, -0.25) is 0 Å². The molecule has 0 amide bonds. The zero-order valence-corrected chi connectivity index (χ0v) is 12.7. The van der Waals surface area contributed by atoms with Crippen LogP contribution in [0.15, 0.2) is 55.6 Å². The van der Waals surface area contributed by atoms with Gasteiger partial charge in [0.2, 0.25) is 0 Å². The highest BCUT2D eigenvalue weighted by Crippen LogP contribution is 2.32. The summed E-state index contributed by atoms with van der Waals surface area (Å²) in [6.07, 6.45) is 1.97. The van der Waals surface area contributed by atoms with Crippen molar-refractivity contribution in [2.75, 3.05) is 0 Å². The molecule has 1 aliphatic heterocycles. The number of azo groups is 1. The van der Waals surface area contributed by atoms with Gasteiger partial charge in [0.25, 0.3) is 0 Å². The molecule has 1 heterocycles. The lowest BCUT2D eigenvalue weighted by Crippen LogP contribution is -1.95. The number of aryl methyl sites for hydroxylation is 2. The SMILES string of the molecule is Brc1ccc2c(c1)CCc1cc(Br)ccc1N=N2. The monoisotopic (exact) mass is 364 g/mol. The van der Waals surface area contributed by atoms with Gasteiger partial charge in [-0.15, -0.1) is 0 Å². The summed E-state index contributed by atoms with van der Waals surface area (Å²) in [6.45, 7) is 0. The van der Waals surface area contributed by atoms with Gasteiger partial charge in [-0.2, -0.15) is 10.2 Å². The fraction of sp³-hybridized carbons (Fsp3) is 0.143. The van der Waals surface area contributed by atoms with E-state index in [1.807, 2.05) is 24.3 Å². The van der Waals surface area contributed by atoms with Crippen LogP contribution in [0.2, 0.25) is 0 Å². The first kappa shape index (κ1) is 12.1. The van der Waals surface area contributed by atoms with Crippen molar-refractivity contribution < 1.29 is 0 Å². The molecule has 0 aliphatic carbocycles. The predicted octanol–water partition coefficient (Wildman–Crippen LogP) is 5.73. The number of benzene rings is 2. The Labute approximate surface area is 122 Å². The third-order valence-corrected chi connectivity index (χ3v) is 4.00. The molecular weight excluding hydrogens is 356 g/mol. The van der Waals surface area contributed by atoms with E-state index in [1.165, 1.54) is 11.1 Å². The maximum absolute atomic E-state index is 4.35. The summed E-state index contributed by atoms with van der Waals surface area (Å²) in [5, 5.41) is 8.70. The molecule has 0 saturated heterocycles. The largest absolute Gasteiger partial charge is 0.150 e. The van der Waals surface area contributed by atoms with E-state index >= 15 is 0 Å². The molecule has 0 bridgehead atoms. The van der Waals surface area contributed by atoms with Crippen molar-refractivity contribution in [2.24, 2.45) is 10.2 Å². The van der Waals surface area contributed by atoms with Crippen molar-refractivity contribution in [3.63, 3.8) is 0 Å². The maximum Gasteiger partial charge on any atom is 0.0889 e. The summed E-state index contributed by atoms with van der Waals surface area (Å²) < 4.78 is 2.18. The summed E-state index contributed by atoms with van der Waals surface area (Å²) in [5.41, 5.74) is 4.40. The number of nitrogens with zero attached hydrogens (tertiary/aromatic N) is 2.